The minimum absolute atomic E-state index is 0.00283. The number of nitrogens with zero attached hydrogens (tertiary/aromatic N) is 3. The molecule has 0 spiro atoms. The number of rotatable bonds is 8. The quantitative estimate of drug-likeness (QED) is 0.779. The molecule has 1 aliphatic heterocycles. The van der Waals surface area contributed by atoms with E-state index in [4.69, 9.17) is 0 Å². The van der Waals surface area contributed by atoms with Crippen LogP contribution in [0.1, 0.15) is 37.8 Å². The van der Waals surface area contributed by atoms with E-state index in [1.54, 1.807) is 17.1 Å². The summed E-state index contributed by atoms with van der Waals surface area (Å²) >= 11 is 0. The standard InChI is InChI=1S/C22H32N4O/c1-18(2)25-14-9-21(10-15-25)16-20-6-4-19(5-7-20)8-12-23-22(27)17-26-13-3-11-24-26/h3-7,11,13,18,21H,8-10,12,14-17H2,1-2H3,(H,23,27). The number of nitrogens with one attached hydrogen (secondary N) is 1. The fourth-order valence-corrected chi connectivity index (χ4v) is 3.79. The lowest BCUT2D eigenvalue weighted by Gasteiger charge is -2.34. The number of likely N-dealkylation sites (tertiary alicyclic amines) is 1. The summed E-state index contributed by atoms with van der Waals surface area (Å²) in [5.41, 5.74) is 2.71. The molecule has 0 atom stereocenters. The number of piperidine rings is 1. The van der Waals surface area contributed by atoms with Gasteiger partial charge in [0.15, 0.2) is 0 Å². The first-order valence-electron chi connectivity index (χ1n) is 10.2. The van der Waals surface area contributed by atoms with Gasteiger partial charge in [-0.2, -0.15) is 5.10 Å². The van der Waals surface area contributed by atoms with E-state index in [-0.39, 0.29) is 12.5 Å². The molecule has 1 aliphatic rings. The van der Waals surface area contributed by atoms with Gasteiger partial charge in [-0.25, -0.2) is 0 Å². The Morgan fingerprint density at radius 1 is 1.19 bits per heavy atom. The maximum Gasteiger partial charge on any atom is 0.241 e. The molecular weight excluding hydrogens is 336 g/mol. The summed E-state index contributed by atoms with van der Waals surface area (Å²) in [6, 6.07) is 11.4. The lowest BCUT2D eigenvalue weighted by atomic mass is 9.89. The number of benzene rings is 1. The van der Waals surface area contributed by atoms with Gasteiger partial charge in [0.25, 0.3) is 0 Å². The Morgan fingerprint density at radius 2 is 1.89 bits per heavy atom. The Hall–Kier alpha value is -2.14. The van der Waals surface area contributed by atoms with E-state index in [2.05, 4.69) is 53.4 Å². The van der Waals surface area contributed by atoms with Crippen LogP contribution >= 0.6 is 0 Å². The molecule has 2 heterocycles. The van der Waals surface area contributed by atoms with Gasteiger partial charge in [-0.3, -0.25) is 9.48 Å². The molecule has 27 heavy (non-hydrogen) atoms. The van der Waals surface area contributed by atoms with Crippen molar-refractivity contribution in [2.45, 2.75) is 52.1 Å². The molecule has 5 heteroatoms. The smallest absolute Gasteiger partial charge is 0.241 e. The van der Waals surface area contributed by atoms with Gasteiger partial charge in [0, 0.05) is 25.0 Å². The Balaban J connectivity index is 1.37. The third-order valence-corrected chi connectivity index (χ3v) is 5.53. The van der Waals surface area contributed by atoms with E-state index < -0.39 is 0 Å². The monoisotopic (exact) mass is 368 g/mol. The first-order chi connectivity index (χ1) is 13.1. The molecule has 1 fully saturated rings. The second kappa shape index (κ2) is 9.70. The van der Waals surface area contributed by atoms with Crippen LogP contribution in [0, 0.1) is 5.92 Å². The minimum Gasteiger partial charge on any atom is -0.354 e. The van der Waals surface area contributed by atoms with Gasteiger partial charge in [0.2, 0.25) is 5.91 Å². The molecule has 0 aliphatic carbocycles. The number of hydrogen-bond acceptors (Lipinski definition) is 3. The summed E-state index contributed by atoms with van der Waals surface area (Å²) in [6.07, 6.45) is 8.14. The van der Waals surface area contributed by atoms with Crippen molar-refractivity contribution < 1.29 is 4.79 Å². The summed E-state index contributed by atoms with van der Waals surface area (Å²) in [7, 11) is 0. The van der Waals surface area contributed by atoms with Crippen LogP contribution in [-0.4, -0.2) is 46.3 Å². The van der Waals surface area contributed by atoms with E-state index in [1.165, 1.54) is 43.5 Å². The van der Waals surface area contributed by atoms with Crippen LogP contribution in [0.3, 0.4) is 0 Å². The van der Waals surface area contributed by atoms with Crippen LogP contribution in [0.2, 0.25) is 0 Å². The van der Waals surface area contributed by atoms with Crippen molar-refractivity contribution in [1.82, 2.24) is 20.0 Å². The molecule has 5 nitrogen and oxygen atoms in total. The highest BCUT2D eigenvalue weighted by Crippen LogP contribution is 2.23. The largest absolute Gasteiger partial charge is 0.354 e. The Bertz CT molecular complexity index is 686. The lowest BCUT2D eigenvalue weighted by Crippen LogP contribution is -2.38. The predicted octanol–water partition coefficient (Wildman–Crippen LogP) is 2.90. The second-order valence-corrected chi connectivity index (χ2v) is 7.90. The Kier molecular flexibility index (Phi) is 7.04. The van der Waals surface area contributed by atoms with Gasteiger partial charge >= 0.3 is 0 Å². The highest BCUT2D eigenvalue weighted by molar-refractivity contribution is 5.75. The number of amides is 1. The van der Waals surface area contributed by atoms with Crippen LogP contribution in [0.4, 0.5) is 0 Å². The van der Waals surface area contributed by atoms with Gasteiger partial charge in [-0.05, 0) is 75.7 Å². The minimum atomic E-state index is 0.00283. The molecular formula is C22H32N4O. The van der Waals surface area contributed by atoms with Crippen molar-refractivity contribution in [3.63, 3.8) is 0 Å². The molecule has 146 valence electrons. The van der Waals surface area contributed by atoms with Gasteiger partial charge in [-0.1, -0.05) is 24.3 Å². The Labute approximate surface area is 162 Å². The topological polar surface area (TPSA) is 50.2 Å². The van der Waals surface area contributed by atoms with E-state index in [0.29, 0.717) is 12.6 Å². The molecule has 1 N–H and O–H groups in total. The average molecular weight is 369 g/mol. The predicted molar refractivity (Wildman–Crippen MR) is 109 cm³/mol. The van der Waals surface area contributed by atoms with Crippen molar-refractivity contribution in [3.05, 3.63) is 53.9 Å². The van der Waals surface area contributed by atoms with Crippen LogP contribution in [0.15, 0.2) is 42.7 Å². The number of carbonyl (C=O) groups is 1. The summed E-state index contributed by atoms with van der Waals surface area (Å²) < 4.78 is 1.63. The molecule has 0 unspecified atom stereocenters. The zero-order chi connectivity index (χ0) is 19.1. The van der Waals surface area contributed by atoms with Gasteiger partial charge in [0.05, 0.1) is 0 Å². The molecule has 0 bridgehead atoms. The molecule has 1 amide bonds. The highest BCUT2D eigenvalue weighted by atomic mass is 16.2. The van der Waals surface area contributed by atoms with E-state index in [1.807, 2.05) is 6.07 Å². The third kappa shape index (κ3) is 6.21. The maximum absolute atomic E-state index is 11.9. The second-order valence-electron chi connectivity index (χ2n) is 7.90. The number of hydrogen-bond donors (Lipinski definition) is 1. The first-order valence-corrected chi connectivity index (χ1v) is 10.2. The summed E-state index contributed by atoms with van der Waals surface area (Å²) in [5, 5.41) is 7.00. The average Bonchev–Trinajstić information content (AvgIpc) is 3.16. The van der Waals surface area contributed by atoms with Crippen LogP contribution in [0.5, 0.6) is 0 Å². The summed E-state index contributed by atoms with van der Waals surface area (Å²) in [6.45, 7) is 7.99. The van der Waals surface area contributed by atoms with Crippen molar-refractivity contribution in [1.29, 1.82) is 0 Å². The number of carbonyl (C=O) groups excluding carboxylic acids is 1. The SMILES string of the molecule is CC(C)N1CCC(Cc2ccc(CCNC(=O)Cn3cccn3)cc2)CC1. The fraction of sp³-hybridized carbons (Fsp3) is 0.545. The molecule has 0 saturated carbocycles. The first kappa shape index (κ1) is 19.6. The fourth-order valence-electron chi connectivity index (χ4n) is 3.79. The highest BCUT2D eigenvalue weighted by Gasteiger charge is 2.20. The molecule has 1 aromatic heterocycles. The Morgan fingerprint density at radius 3 is 2.52 bits per heavy atom. The van der Waals surface area contributed by atoms with Gasteiger partial charge < -0.3 is 10.2 Å². The lowest BCUT2D eigenvalue weighted by molar-refractivity contribution is -0.121. The number of aromatic nitrogens is 2. The maximum atomic E-state index is 11.9. The molecule has 2 aromatic rings. The third-order valence-electron chi connectivity index (χ3n) is 5.53. The van der Waals surface area contributed by atoms with Crippen LogP contribution in [0.25, 0.3) is 0 Å². The molecule has 0 radical (unpaired) electrons. The van der Waals surface area contributed by atoms with Gasteiger partial charge in [-0.15, -0.1) is 0 Å². The molecule has 1 aromatic carbocycles. The molecule has 1 saturated heterocycles. The van der Waals surface area contributed by atoms with Crippen molar-refractivity contribution in [2.24, 2.45) is 5.92 Å². The zero-order valence-electron chi connectivity index (χ0n) is 16.6. The van der Waals surface area contributed by atoms with E-state index >= 15 is 0 Å². The van der Waals surface area contributed by atoms with Crippen molar-refractivity contribution in [2.75, 3.05) is 19.6 Å². The summed E-state index contributed by atoms with van der Waals surface area (Å²) in [5.74, 6) is 0.815. The van der Waals surface area contributed by atoms with Crippen LogP contribution < -0.4 is 5.32 Å². The normalized spacial score (nSPS) is 16.0. The van der Waals surface area contributed by atoms with Gasteiger partial charge in [0.1, 0.15) is 6.54 Å². The zero-order valence-corrected chi connectivity index (χ0v) is 16.6. The van der Waals surface area contributed by atoms with Crippen LogP contribution in [-0.2, 0) is 24.2 Å². The van der Waals surface area contributed by atoms with Crippen molar-refractivity contribution in [3.8, 4) is 0 Å². The molecule has 3 rings (SSSR count). The van der Waals surface area contributed by atoms with E-state index in [0.717, 1.165) is 12.3 Å². The van der Waals surface area contributed by atoms with E-state index in [9.17, 15) is 4.79 Å². The summed E-state index contributed by atoms with van der Waals surface area (Å²) in [4.78, 5) is 14.4. The van der Waals surface area contributed by atoms with Crippen molar-refractivity contribution >= 4 is 5.91 Å².